The van der Waals surface area contributed by atoms with Crippen molar-refractivity contribution in [1.82, 2.24) is 20.4 Å². The van der Waals surface area contributed by atoms with Crippen molar-refractivity contribution in [3.05, 3.63) is 52.0 Å². The topological polar surface area (TPSA) is 173 Å². The summed E-state index contributed by atoms with van der Waals surface area (Å²) in [7, 11) is -4.02. The van der Waals surface area contributed by atoms with Gasteiger partial charge in [-0.25, -0.2) is 17.6 Å². The van der Waals surface area contributed by atoms with E-state index in [0.29, 0.717) is 43.2 Å². The molecule has 1 aromatic rings. The van der Waals surface area contributed by atoms with Crippen LogP contribution in [0.2, 0.25) is 0 Å². The monoisotopic (exact) mass is 695 g/mol. The molecule has 0 aromatic heterocycles. The van der Waals surface area contributed by atoms with Gasteiger partial charge in [-0.2, -0.15) is 0 Å². The Bertz CT molecular complexity index is 1620. The van der Waals surface area contributed by atoms with Crippen LogP contribution in [0.25, 0.3) is 4.72 Å². The normalized spacial score (nSPS) is 29.5. The molecule has 6 rings (SSSR count). The van der Waals surface area contributed by atoms with Crippen molar-refractivity contribution >= 4 is 39.7 Å². The van der Waals surface area contributed by atoms with Crippen LogP contribution in [0.5, 0.6) is 0 Å². The van der Waals surface area contributed by atoms with E-state index in [0.717, 1.165) is 12.8 Å². The van der Waals surface area contributed by atoms with Crippen molar-refractivity contribution < 1.29 is 71.1 Å². The molecule has 0 spiro atoms. The molecular formula is C32H39FN5NaO8S. The van der Waals surface area contributed by atoms with Gasteiger partial charge in [0, 0.05) is 36.6 Å². The molecule has 3 fully saturated rings. The van der Waals surface area contributed by atoms with Gasteiger partial charge in [0.15, 0.2) is 0 Å². The molecule has 48 heavy (non-hydrogen) atoms. The minimum atomic E-state index is -4.02. The second-order valence-electron chi connectivity index (χ2n) is 13.2. The Balaban J connectivity index is 0.00000451. The van der Waals surface area contributed by atoms with Gasteiger partial charge in [-0.05, 0) is 50.2 Å². The van der Waals surface area contributed by atoms with Crippen LogP contribution in [-0.2, 0) is 47.0 Å². The molecule has 13 nitrogen and oxygen atoms in total. The predicted octanol–water partition coefficient (Wildman–Crippen LogP) is -0.456. The molecule has 0 unspecified atom stereocenters. The SMILES string of the molecule is CC(=O)N[C@H]1CCCCC/C=C\[C@H]2C[C@@]2(C(=O)[N-]S(=O)(=O)C2CC2)NC(=O)[C@@H]2C[C@@H](OC(=O)N3Cc4cccc(F)c4C3)CN2C1=O.[Na+]. The van der Waals surface area contributed by atoms with Gasteiger partial charge in [-0.3, -0.25) is 19.3 Å². The van der Waals surface area contributed by atoms with Crippen LogP contribution in [0.3, 0.4) is 0 Å². The van der Waals surface area contributed by atoms with Gasteiger partial charge in [0.25, 0.3) is 0 Å². The maximum absolute atomic E-state index is 14.3. The van der Waals surface area contributed by atoms with Crippen molar-refractivity contribution in [2.24, 2.45) is 5.92 Å². The molecule has 254 valence electrons. The molecule has 16 heteroatoms. The number of carbonyl (C=O) groups excluding carboxylic acids is 5. The maximum Gasteiger partial charge on any atom is 1.00 e. The number of hydrogen-bond acceptors (Lipinski definition) is 8. The third kappa shape index (κ3) is 7.74. The van der Waals surface area contributed by atoms with E-state index < -0.39 is 80.5 Å². The summed E-state index contributed by atoms with van der Waals surface area (Å²) in [6.07, 6.45) is 6.13. The van der Waals surface area contributed by atoms with Gasteiger partial charge >= 0.3 is 35.7 Å². The average Bonchev–Trinajstić information content (AvgIpc) is 3.89. The summed E-state index contributed by atoms with van der Waals surface area (Å²) in [5.74, 6) is -3.52. The zero-order valence-corrected chi connectivity index (χ0v) is 30.0. The van der Waals surface area contributed by atoms with Gasteiger partial charge in [-0.1, -0.05) is 37.1 Å². The molecule has 5 amide bonds. The summed E-state index contributed by atoms with van der Waals surface area (Å²) in [5, 5.41) is 4.73. The Morgan fingerprint density at radius 2 is 1.88 bits per heavy atom. The molecule has 2 N–H and O–H groups in total. The molecular weight excluding hydrogens is 656 g/mol. The number of amides is 5. The van der Waals surface area contributed by atoms with Crippen LogP contribution in [0.15, 0.2) is 30.4 Å². The van der Waals surface area contributed by atoms with Crippen LogP contribution >= 0.6 is 0 Å². The molecule has 2 aliphatic carbocycles. The molecule has 5 aliphatic rings. The van der Waals surface area contributed by atoms with Gasteiger partial charge in [0.1, 0.15) is 24.0 Å². The molecule has 1 aromatic carbocycles. The first-order chi connectivity index (χ1) is 22.4. The fourth-order valence-electron chi connectivity index (χ4n) is 6.76. The smallest absolute Gasteiger partial charge is 0.544 e. The van der Waals surface area contributed by atoms with E-state index >= 15 is 0 Å². The van der Waals surface area contributed by atoms with Crippen molar-refractivity contribution in [2.75, 3.05) is 6.54 Å². The Morgan fingerprint density at radius 1 is 1.10 bits per heavy atom. The van der Waals surface area contributed by atoms with Gasteiger partial charge in [-0.15, -0.1) is 0 Å². The second kappa shape index (κ2) is 14.5. The van der Waals surface area contributed by atoms with E-state index in [1.165, 1.54) is 22.8 Å². The second-order valence-corrected chi connectivity index (χ2v) is 15.1. The number of hydrogen-bond donors (Lipinski definition) is 2. The summed E-state index contributed by atoms with van der Waals surface area (Å²) in [6, 6.07) is 2.48. The molecule has 2 saturated carbocycles. The number of nitrogens with zero attached hydrogens (tertiary/aromatic N) is 3. The van der Waals surface area contributed by atoms with E-state index in [9.17, 15) is 36.8 Å². The first kappa shape index (κ1) is 36.3. The van der Waals surface area contributed by atoms with Crippen molar-refractivity contribution in [3.63, 3.8) is 0 Å². The van der Waals surface area contributed by atoms with Crippen molar-refractivity contribution in [2.45, 2.75) is 107 Å². The summed E-state index contributed by atoms with van der Waals surface area (Å²) in [6.45, 7) is 1.30. The number of fused-ring (bicyclic) bond motifs is 3. The minimum Gasteiger partial charge on any atom is -0.544 e. The molecule has 5 atom stereocenters. The van der Waals surface area contributed by atoms with Crippen molar-refractivity contribution in [1.29, 1.82) is 0 Å². The van der Waals surface area contributed by atoms with Gasteiger partial charge < -0.3 is 29.8 Å². The number of allylic oxidation sites excluding steroid dienone is 1. The zero-order chi connectivity index (χ0) is 33.5. The molecule has 3 aliphatic heterocycles. The van der Waals surface area contributed by atoms with Crippen LogP contribution in [0.1, 0.15) is 75.8 Å². The van der Waals surface area contributed by atoms with Crippen LogP contribution in [-0.4, -0.2) is 83.5 Å². The summed E-state index contributed by atoms with van der Waals surface area (Å²) < 4.78 is 48.9. The Kier molecular flexibility index (Phi) is 10.9. The average molecular weight is 696 g/mol. The van der Waals surface area contributed by atoms with E-state index in [1.54, 1.807) is 18.2 Å². The molecule has 3 heterocycles. The third-order valence-electron chi connectivity index (χ3n) is 9.61. The first-order valence-electron chi connectivity index (χ1n) is 16.2. The first-order valence-corrected chi connectivity index (χ1v) is 17.7. The Labute approximate surface area is 301 Å². The van der Waals surface area contributed by atoms with Crippen LogP contribution in [0.4, 0.5) is 9.18 Å². The number of ether oxygens (including phenoxy) is 1. The van der Waals surface area contributed by atoms with E-state index in [4.69, 9.17) is 4.74 Å². The standard InChI is InChI=1S/C32H40FN5O8S.Na/c1-19(39)34-26-11-6-4-2-3-5-9-21-15-32(21,30(42)36-47(44,45)23-12-13-23)35-28(40)27-14-22(17-38(27)29(26)41)46-31(43)37-16-20-8-7-10-25(33)24(20)18-37;/h5,7-10,21-23,26-27H,2-4,6,11-18H2,1H3,(H3,34,35,36,39,40,42);/q;+1/p-1/b9-5-;/t21-,22+,26-,27-,32+;/m0./s1. The Hall–Kier alpha value is -3.01. The molecule has 0 bridgehead atoms. The van der Waals surface area contributed by atoms with E-state index in [1.807, 2.05) is 6.08 Å². The number of sulfonamides is 1. The summed E-state index contributed by atoms with van der Waals surface area (Å²) >= 11 is 0. The number of carbonyl (C=O) groups is 5. The fourth-order valence-corrected chi connectivity index (χ4v) is 8.03. The van der Waals surface area contributed by atoms with Gasteiger partial charge in [0.2, 0.25) is 17.7 Å². The zero-order valence-electron chi connectivity index (χ0n) is 27.2. The van der Waals surface area contributed by atoms with E-state index in [-0.39, 0.29) is 62.0 Å². The van der Waals surface area contributed by atoms with Crippen LogP contribution < -0.4 is 40.2 Å². The molecule has 0 radical (unpaired) electrons. The Morgan fingerprint density at radius 3 is 2.58 bits per heavy atom. The fraction of sp³-hybridized carbons (Fsp3) is 0.594. The van der Waals surface area contributed by atoms with Gasteiger partial charge in [0.05, 0.1) is 34.6 Å². The van der Waals surface area contributed by atoms with Crippen molar-refractivity contribution in [3.8, 4) is 0 Å². The molecule has 1 saturated heterocycles. The number of benzene rings is 1. The minimum absolute atomic E-state index is 0. The quantitative estimate of drug-likeness (QED) is 0.308. The van der Waals surface area contributed by atoms with Crippen LogP contribution in [0, 0.1) is 11.7 Å². The largest absolute Gasteiger partial charge is 1.00 e. The number of rotatable bonds is 5. The number of nitrogens with one attached hydrogen (secondary N) is 2. The van der Waals surface area contributed by atoms with E-state index in [2.05, 4.69) is 15.4 Å². The summed E-state index contributed by atoms with van der Waals surface area (Å²) in [5.41, 5.74) is -0.527. The third-order valence-corrected chi connectivity index (χ3v) is 11.3. The summed E-state index contributed by atoms with van der Waals surface area (Å²) in [4.78, 5) is 69.2. The predicted molar refractivity (Wildman–Crippen MR) is 165 cm³/mol. The maximum atomic E-state index is 14.3. The number of halogens is 1.